The Morgan fingerprint density at radius 1 is 0.469 bits per heavy atom. The Kier molecular flexibility index (Phi) is 9.28. The van der Waals surface area contributed by atoms with Crippen molar-refractivity contribution in [3.05, 3.63) is 149 Å². The van der Waals surface area contributed by atoms with Crippen LogP contribution in [0.3, 0.4) is 0 Å². The van der Waals surface area contributed by atoms with Gasteiger partial charge >= 0.3 is 0 Å². The van der Waals surface area contributed by atoms with Crippen LogP contribution in [-0.2, 0) is 26.5 Å². The molecular formula is C40H40O9. The largest absolute Gasteiger partial charge is 0.508 e. The molecule has 254 valence electrons. The molecular weight excluding hydrogens is 624 g/mol. The predicted octanol–water partition coefficient (Wildman–Crippen LogP) is 6.26. The number of phenolic OH excluding ortho intramolecular Hbond substituents is 1. The summed E-state index contributed by atoms with van der Waals surface area (Å²) < 4.78 is 35.6. The molecule has 9 nitrogen and oxygen atoms in total. The molecule has 1 aliphatic heterocycles. The molecule has 5 aromatic rings. The fourth-order valence-electron chi connectivity index (χ4n) is 6.52. The van der Waals surface area contributed by atoms with E-state index in [0.717, 1.165) is 0 Å². The van der Waals surface area contributed by atoms with Gasteiger partial charge in [-0.25, -0.2) is 0 Å². The van der Waals surface area contributed by atoms with Gasteiger partial charge in [0.25, 0.3) is 0 Å². The first-order valence-electron chi connectivity index (χ1n) is 15.8. The van der Waals surface area contributed by atoms with Crippen molar-refractivity contribution in [1.82, 2.24) is 0 Å². The smallest absolute Gasteiger partial charge is 0.193 e. The Morgan fingerprint density at radius 2 is 0.735 bits per heavy atom. The summed E-state index contributed by atoms with van der Waals surface area (Å²) in [5.74, 6) is 0.971. The Bertz CT molecular complexity index is 1630. The second-order valence-corrected chi connectivity index (χ2v) is 12.0. The standard InChI is InChI=1S/C40H40O9/c1-38(26-6-16-31(41)17-7-26)48-36(39(42,27-8-18-32(44-2)19-9-27)28-10-20-33(45-3)21-11-28)37(49-38)40(43,29-12-22-34(46-4)23-13-29)30-14-24-35(47-5)25-15-30/h6-25,36-37,41-43H,1-5H3/t36-,37-/m1/s1. The second kappa shape index (κ2) is 13.4. The molecule has 0 aromatic heterocycles. The lowest BCUT2D eigenvalue weighted by atomic mass is 9.72. The highest BCUT2D eigenvalue weighted by Crippen LogP contribution is 2.53. The summed E-state index contributed by atoms with van der Waals surface area (Å²) in [6.45, 7) is 1.73. The average Bonchev–Trinajstić information content (AvgIpc) is 3.54. The molecule has 0 bridgehead atoms. The van der Waals surface area contributed by atoms with Crippen molar-refractivity contribution in [3.8, 4) is 28.7 Å². The molecule has 0 unspecified atom stereocenters. The van der Waals surface area contributed by atoms with Gasteiger partial charge in [0.2, 0.25) is 0 Å². The number of hydrogen-bond donors (Lipinski definition) is 3. The van der Waals surface area contributed by atoms with Crippen LogP contribution >= 0.6 is 0 Å². The highest BCUT2D eigenvalue weighted by Gasteiger charge is 2.62. The van der Waals surface area contributed by atoms with Crippen LogP contribution in [0.4, 0.5) is 0 Å². The van der Waals surface area contributed by atoms with Crippen LogP contribution in [0, 0.1) is 0 Å². The lowest BCUT2D eigenvalue weighted by Crippen LogP contribution is -2.55. The van der Waals surface area contributed by atoms with E-state index in [0.29, 0.717) is 50.8 Å². The van der Waals surface area contributed by atoms with Gasteiger partial charge in [-0.15, -0.1) is 0 Å². The van der Waals surface area contributed by atoms with Crippen LogP contribution < -0.4 is 18.9 Å². The monoisotopic (exact) mass is 664 g/mol. The second-order valence-electron chi connectivity index (χ2n) is 12.0. The molecule has 0 amide bonds. The van der Waals surface area contributed by atoms with E-state index in [1.165, 1.54) is 12.1 Å². The third-order valence-corrected chi connectivity index (χ3v) is 9.31. The number of rotatable bonds is 11. The first-order chi connectivity index (χ1) is 23.6. The van der Waals surface area contributed by atoms with Gasteiger partial charge in [-0.3, -0.25) is 0 Å². The highest BCUT2D eigenvalue weighted by atomic mass is 16.8. The Balaban J connectivity index is 1.63. The summed E-state index contributed by atoms with van der Waals surface area (Å²) in [5.41, 5.74) is -1.37. The first-order valence-corrected chi connectivity index (χ1v) is 15.8. The van der Waals surface area contributed by atoms with Crippen molar-refractivity contribution < 1.29 is 43.7 Å². The maximum Gasteiger partial charge on any atom is 0.193 e. The summed E-state index contributed by atoms with van der Waals surface area (Å²) in [5, 5.41) is 36.7. The van der Waals surface area contributed by atoms with Crippen LogP contribution in [0.5, 0.6) is 28.7 Å². The van der Waals surface area contributed by atoms with E-state index in [9.17, 15) is 15.3 Å². The molecule has 0 aliphatic carbocycles. The molecule has 2 atom stereocenters. The maximum atomic E-state index is 13.3. The number of aliphatic hydroxyl groups is 2. The maximum absolute atomic E-state index is 13.3. The Hall–Kier alpha value is -5.06. The third-order valence-electron chi connectivity index (χ3n) is 9.31. The summed E-state index contributed by atoms with van der Waals surface area (Å²) in [7, 11) is 6.28. The molecule has 0 spiro atoms. The SMILES string of the molecule is COc1ccc(C(O)(c2ccc(OC)cc2)[C@@H]2OC(C)(c3ccc(O)cc3)O[C@H]2C(O)(c2ccc(OC)cc2)c2ccc(OC)cc2)cc1. The summed E-state index contributed by atoms with van der Waals surface area (Å²) in [4.78, 5) is 0. The van der Waals surface area contributed by atoms with Gasteiger partial charge in [0.05, 0.1) is 28.4 Å². The van der Waals surface area contributed by atoms with E-state index in [4.69, 9.17) is 28.4 Å². The number of aromatic hydroxyl groups is 1. The highest BCUT2D eigenvalue weighted by molar-refractivity contribution is 5.47. The number of methoxy groups -OCH3 is 4. The summed E-state index contributed by atoms with van der Waals surface area (Å²) >= 11 is 0. The molecule has 9 heteroatoms. The molecule has 1 heterocycles. The van der Waals surface area contributed by atoms with Crippen LogP contribution in [0.2, 0.25) is 0 Å². The fraction of sp³-hybridized carbons (Fsp3) is 0.250. The molecule has 49 heavy (non-hydrogen) atoms. The van der Waals surface area contributed by atoms with Gasteiger partial charge in [-0.1, -0.05) is 48.5 Å². The molecule has 1 aliphatic rings. The van der Waals surface area contributed by atoms with E-state index in [1.807, 2.05) is 0 Å². The van der Waals surface area contributed by atoms with Crippen molar-refractivity contribution in [2.24, 2.45) is 0 Å². The lowest BCUT2D eigenvalue weighted by Gasteiger charge is -2.42. The van der Waals surface area contributed by atoms with Crippen molar-refractivity contribution in [1.29, 1.82) is 0 Å². The molecule has 0 saturated carbocycles. The quantitative estimate of drug-likeness (QED) is 0.151. The minimum atomic E-state index is -1.91. The van der Waals surface area contributed by atoms with Gasteiger partial charge in [-0.2, -0.15) is 0 Å². The topological polar surface area (TPSA) is 116 Å². The lowest BCUT2D eigenvalue weighted by molar-refractivity contribution is -0.193. The number of phenols is 1. The van der Waals surface area contributed by atoms with Crippen molar-refractivity contribution in [3.63, 3.8) is 0 Å². The molecule has 1 saturated heterocycles. The van der Waals surface area contributed by atoms with Crippen molar-refractivity contribution in [2.45, 2.75) is 36.1 Å². The molecule has 3 N–H and O–H groups in total. The van der Waals surface area contributed by atoms with Crippen LogP contribution in [-0.4, -0.2) is 56.0 Å². The van der Waals surface area contributed by atoms with Crippen molar-refractivity contribution in [2.75, 3.05) is 28.4 Å². The summed E-state index contributed by atoms with van der Waals surface area (Å²) in [6, 6.07) is 34.6. The van der Waals surface area contributed by atoms with Gasteiger partial charge in [0.15, 0.2) is 5.79 Å². The number of hydrogen-bond acceptors (Lipinski definition) is 9. The van der Waals surface area contributed by atoms with Gasteiger partial charge < -0.3 is 43.7 Å². The van der Waals surface area contributed by atoms with E-state index < -0.39 is 29.2 Å². The molecule has 5 aromatic carbocycles. The Labute approximate surface area is 285 Å². The minimum Gasteiger partial charge on any atom is -0.508 e. The molecule has 0 radical (unpaired) electrons. The van der Waals surface area contributed by atoms with E-state index in [1.54, 1.807) is 145 Å². The van der Waals surface area contributed by atoms with Crippen LogP contribution in [0.25, 0.3) is 0 Å². The van der Waals surface area contributed by atoms with E-state index in [-0.39, 0.29) is 5.75 Å². The average molecular weight is 665 g/mol. The molecule has 1 fully saturated rings. The van der Waals surface area contributed by atoms with Crippen molar-refractivity contribution >= 4 is 0 Å². The summed E-state index contributed by atoms with van der Waals surface area (Å²) in [6.07, 6.45) is -2.50. The van der Waals surface area contributed by atoms with E-state index in [2.05, 4.69) is 0 Å². The van der Waals surface area contributed by atoms with Gasteiger partial charge in [-0.05, 0) is 102 Å². The number of ether oxygens (including phenoxy) is 6. The molecule has 6 rings (SSSR count). The predicted molar refractivity (Wildman–Crippen MR) is 183 cm³/mol. The van der Waals surface area contributed by atoms with E-state index >= 15 is 0 Å². The fourth-order valence-corrected chi connectivity index (χ4v) is 6.52. The number of benzene rings is 5. The third kappa shape index (κ3) is 6.06. The normalized spacial score (nSPS) is 17.4. The van der Waals surface area contributed by atoms with Gasteiger partial charge in [0, 0.05) is 5.56 Å². The zero-order chi connectivity index (χ0) is 34.8. The zero-order valence-corrected chi connectivity index (χ0v) is 28.0. The van der Waals surface area contributed by atoms with Crippen LogP contribution in [0.15, 0.2) is 121 Å². The first kappa shape index (κ1) is 33.8. The zero-order valence-electron chi connectivity index (χ0n) is 28.0. The minimum absolute atomic E-state index is 0.0689. The Morgan fingerprint density at radius 3 is 0.980 bits per heavy atom. The van der Waals surface area contributed by atoms with Gasteiger partial charge in [0.1, 0.15) is 52.2 Å². The van der Waals surface area contributed by atoms with Crippen LogP contribution in [0.1, 0.15) is 34.7 Å².